The fourth-order valence-corrected chi connectivity index (χ4v) is 4.57. The van der Waals surface area contributed by atoms with E-state index in [4.69, 9.17) is 23.2 Å². The predicted octanol–water partition coefficient (Wildman–Crippen LogP) is 2.86. The van der Waals surface area contributed by atoms with Gasteiger partial charge in [0.05, 0.1) is 4.90 Å². The number of rotatable bonds is 3. The fraction of sp³-hybridized carbons (Fsp3) is 0.188. The topological polar surface area (TPSA) is 66.5 Å². The SMILES string of the molecule is O=C1NCCN(S(=O)(=O)c2ccc(Cl)cc2)C1c1ccccc1Cl. The van der Waals surface area contributed by atoms with Gasteiger partial charge in [0.2, 0.25) is 15.9 Å². The lowest BCUT2D eigenvalue weighted by Crippen LogP contribution is -2.52. The summed E-state index contributed by atoms with van der Waals surface area (Å²) in [7, 11) is -3.87. The van der Waals surface area contributed by atoms with Crippen LogP contribution in [0.2, 0.25) is 10.0 Å². The van der Waals surface area contributed by atoms with Gasteiger partial charge in [-0.3, -0.25) is 4.79 Å². The first-order valence-electron chi connectivity index (χ1n) is 7.21. The highest BCUT2D eigenvalue weighted by molar-refractivity contribution is 7.89. The van der Waals surface area contributed by atoms with Crippen LogP contribution in [0.15, 0.2) is 53.4 Å². The molecule has 3 rings (SSSR count). The molecule has 1 unspecified atom stereocenters. The Bertz CT molecular complexity index is 869. The number of halogens is 2. The number of carbonyl (C=O) groups is 1. The second-order valence-corrected chi connectivity index (χ2v) is 8.02. The summed E-state index contributed by atoms with van der Waals surface area (Å²) in [6.07, 6.45) is 0. The summed E-state index contributed by atoms with van der Waals surface area (Å²) in [5, 5.41) is 3.48. The van der Waals surface area contributed by atoms with Crippen molar-refractivity contribution in [3.8, 4) is 0 Å². The average Bonchev–Trinajstić information content (AvgIpc) is 2.56. The molecule has 1 saturated heterocycles. The fourth-order valence-electron chi connectivity index (χ4n) is 2.64. The Labute approximate surface area is 150 Å². The molecule has 1 fully saturated rings. The zero-order chi connectivity index (χ0) is 17.3. The van der Waals surface area contributed by atoms with Gasteiger partial charge in [-0.15, -0.1) is 0 Å². The van der Waals surface area contributed by atoms with E-state index in [1.165, 1.54) is 28.6 Å². The first kappa shape index (κ1) is 17.2. The molecule has 1 atom stereocenters. The van der Waals surface area contributed by atoms with Gasteiger partial charge in [0.15, 0.2) is 0 Å². The lowest BCUT2D eigenvalue weighted by molar-refractivity contribution is -0.126. The standard InChI is InChI=1S/C16H14Cl2N2O3S/c17-11-5-7-12(8-6-11)24(22,23)20-10-9-19-16(21)15(20)13-3-1-2-4-14(13)18/h1-8,15H,9-10H2,(H,19,21). The summed E-state index contributed by atoms with van der Waals surface area (Å²) in [5.41, 5.74) is 0.453. The van der Waals surface area contributed by atoms with Crippen molar-refractivity contribution >= 4 is 39.1 Å². The smallest absolute Gasteiger partial charge is 0.244 e. The molecule has 5 nitrogen and oxygen atoms in total. The molecule has 1 N–H and O–H groups in total. The molecule has 0 spiro atoms. The first-order chi connectivity index (χ1) is 11.4. The van der Waals surface area contributed by atoms with Crippen molar-refractivity contribution in [2.75, 3.05) is 13.1 Å². The number of amides is 1. The van der Waals surface area contributed by atoms with E-state index in [0.29, 0.717) is 15.6 Å². The van der Waals surface area contributed by atoms with Crippen LogP contribution in [0, 0.1) is 0 Å². The van der Waals surface area contributed by atoms with Gasteiger partial charge in [0.1, 0.15) is 6.04 Å². The molecule has 2 aromatic rings. The van der Waals surface area contributed by atoms with Crippen molar-refractivity contribution in [3.63, 3.8) is 0 Å². The first-order valence-corrected chi connectivity index (χ1v) is 9.40. The Morgan fingerprint density at radius 1 is 1.04 bits per heavy atom. The molecule has 126 valence electrons. The molecule has 8 heteroatoms. The van der Waals surface area contributed by atoms with E-state index in [1.807, 2.05) is 0 Å². The van der Waals surface area contributed by atoms with Crippen molar-refractivity contribution < 1.29 is 13.2 Å². The second kappa shape index (κ2) is 6.72. The molecule has 1 aliphatic rings. The maximum absolute atomic E-state index is 13.0. The van der Waals surface area contributed by atoms with Crippen LogP contribution < -0.4 is 5.32 Å². The van der Waals surface area contributed by atoms with E-state index >= 15 is 0 Å². The third-order valence-electron chi connectivity index (χ3n) is 3.79. The van der Waals surface area contributed by atoms with E-state index in [0.717, 1.165) is 0 Å². The molecule has 0 bridgehead atoms. The number of carbonyl (C=O) groups excluding carboxylic acids is 1. The lowest BCUT2D eigenvalue weighted by atomic mass is 10.0. The van der Waals surface area contributed by atoms with Crippen LogP contribution in [0.3, 0.4) is 0 Å². The van der Waals surface area contributed by atoms with Crippen LogP contribution >= 0.6 is 23.2 Å². The van der Waals surface area contributed by atoms with Gasteiger partial charge < -0.3 is 5.32 Å². The van der Waals surface area contributed by atoms with Gasteiger partial charge in [0.25, 0.3) is 0 Å². The van der Waals surface area contributed by atoms with E-state index in [2.05, 4.69) is 5.32 Å². The minimum atomic E-state index is -3.87. The van der Waals surface area contributed by atoms with Crippen LogP contribution in [0.1, 0.15) is 11.6 Å². The number of benzene rings is 2. The molecule has 0 saturated carbocycles. The van der Waals surface area contributed by atoms with Crippen molar-refractivity contribution in [2.24, 2.45) is 0 Å². The summed E-state index contributed by atoms with van der Waals surface area (Å²) in [5.74, 6) is -0.396. The number of piperazine rings is 1. The second-order valence-electron chi connectivity index (χ2n) is 5.28. The molecular weight excluding hydrogens is 371 g/mol. The van der Waals surface area contributed by atoms with Crippen LogP contribution in [-0.4, -0.2) is 31.7 Å². The summed E-state index contributed by atoms with van der Waals surface area (Å²) < 4.78 is 27.2. The Morgan fingerprint density at radius 3 is 2.38 bits per heavy atom. The van der Waals surface area contributed by atoms with Gasteiger partial charge in [-0.25, -0.2) is 8.42 Å². The number of nitrogens with zero attached hydrogens (tertiary/aromatic N) is 1. The Kier molecular flexibility index (Phi) is 4.83. The van der Waals surface area contributed by atoms with Crippen LogP contribution in [0.5, 0.6) is 0 Å². The normalized spacial score (nSPS) is 19.1. The van der Waals surface area contributed by atoms with E-state index < -0.39 is 22.0 Å². The van der Waals surface area contributed by atoms with Gasteiger partial charge in [-0.05, 0) is 35.9 Å². The molecule has 1 amide bonds. The monoisotopic (exact) mass is 384 g/mol. The highest BCUT2D eigenvalue weighted by atomic mass is 35.5. The van der Waals surface area contributed by atoms with Crippen molar-refractivity contribution in [1.82, 2.24) is 9.62 Å². The van der Waals surface area contributed by atoms with Gasteiger partial charge in [0, 0.05) is 23.1 Å². The summed E-state index contributed by atoms with van der Waals surface area (Å²) in [6.45, 7) is 0.402. The number of nitrogens with one attached hydrogen (secondary N) is 1. The Hall–Kier alpha value is -1.60. The zero-order valence-electron chi connectivity index (χ0n) is 12.4. The van der Waals surface area contributed by atoms with Gasteiger partial charge >= 0.3 is 0 Å². The van der Waals surface area contributed by atoms with Crippen molar-refractivity contribution in [2.45, 2.75) is 10.9 Å². The predicted molar refractivity (Wildman–Crippen MR) is 92.5 cm³/mol. The molecule has 24 heavy (non-hydrogen) atoms. The summed E-state index contributed by atoms with van der Waals surface area (Å²) in [6, 6.07) is 11.6. The van der Waals surface area contributed by atoms with Crippen LogP contribution in [0.4, 0.5) is 0 Å². The Morgan fingerprint density at radius 2 is 1.71 bits per heavy atom. The van der Waals surface area contributed by atoms with Crippen LogP contribution in [-0.2, 0) is 14.8 Å². The number of hydrogen-bond acceptors (Lipinski definition) is 3. The van der Waals surface area contributed by atoms with E-state index in [1.54, 1.807) is 24.3 Å². The highest BCUT2D eigenvalue weighted by Gasteiger charge is 2.40. The van der Waals surface area contributed by atoms with Gasteiger partial charge in [-0.2, -0.15) is 4.31 Å². The van der Waals surface area contributed by atoms with Crippen LogP contribution in [0.25, 0.3) is 0 Å². The molecule has 1 aliphatic heterocycles. The third-order valence-corrected chi connectivity index (χ3v) is 6.26. The third kappa shape index (κ3) is 3.15. The maximum atomic E-state index is 13.0. The van der Waals surface area contributed by atoms with E-state index in [9.17, 15) is 13.2 Å². The summed E-state index contributed by atoms with van der Waals surface area (Å²) >= 11 is 12.0. The quantitative estimate of drug-likeness (QED) is 0.884. The molecule has 0 aliphatic carbocycles. The number of sulfonamides is 1. The largest absolute Gasteiger partial charge is 0.353 e. The maximum Gasteiger partial charge on any atom is 0.244 e. The molecule has 1 heterocycles. The molecule has 0 aromatic heterocycles. The van der Waals surface area contributed by atoms with Crippen molar-refractivity contribution in [3.05, 3.63) is 64.1 Å². The molecule has 2 aromatic carbocycles. The van der Waals surface area contributed by atoms with E-state index in [-0.39, 0.29) is 18.0 Å². The highest BCUT2D eigenvalue weighted by Crippen LogP contribution is 2.33. The minimum Gasteiger partial charge on any atom is -0.353 e. The van der Waals surface area contributed by atoms with Gasteiger partial charge in [-0.1, -0.05) is 41.4 Å². The number of hydrogen-bond donors (Lipinski definition) is 1. The molecular formula is C16H14Cl2N2O3S. The summed E-state index contributed by atoms with van der Waals surface area (Å²) in [4.78, 5) is 12.5. The Balaban J connectivity index is 2.08. The lowest BCUT2D eigenvalue weighted by Gasteiger charge is -2.34. The zero-order valence-corrected chi connectivity index (χ0v) is 14.8. The minimum absolute atomic E-state index is 0.0821. The molecule has 0 radical (unpaired) electrons. The van der Waals surface area contributed by atoms with Crippen molar-refractivity contribution in [1.29, 1.82) is 0 Å². The average molecular weight is 385 g/mol.